The fourth-order valence-electron chi connectivity index (χ4n) is 1.48. The Morgan fingerprint density at radius 3 is 2.44 bits per heavy atom. The van der Waals surface area contributed by atoms with Crippen molar-refractivity contribution >= 4 is 6.09 Å². The van der Waals surface area contributed by atoms with E-state index < -0.39 is 11.7 Å². The highest BCUT2D eigenvalue weighted by atomic mass is 16.6. The van der Waals surface area contributed by atoms with Crippen LogP contribution in [0.15, 0.2) is 30.3 Å². The smallest absolute Gasteiger partial charge is 0.434 e. The molecule has 0 saturated heterocycles. The molecule has 0 aliphatic carbocycles. The molecule has 100 valence electrons. The van der Waals surface area contributed by atoms with Crippen molar-refractivity contribution in [3.63, 3.8) is 0 Å². The highest BCUT2D eigenvalue weighted by Gasteiger charge is 2.20. The van der Waals surface area contributed by atoms with Crippen LogP contribution in [0.5, 0.6) is 0 Å². The molecule has 4 nitrogen and oxygen atoms in total. The highest BCUT2D eigenvalue weighted by Crippen LogP contribution is 2.09. The van der Waals surface area contributed by atoms with Crippen molar-refractivity contribution in [2.45, 2.75) is 39.2 Å². The van der Waals surface area contributed by atoms with Gasteiger partial charge in [0.1, 0.15) is 5.60 Å². The van der Waals surface area contributed by atoms with E-state index >= 15 is 0 Å². The number of rotatable bonds is 4. The number of carbonyl (C=O) groups excluding carboxylic acids is 1. The maximum absolute atomic E-state index is 11.5. The van der Waals surface area contributed by atoms with E-state index in [0.29, 0.717) is 11.5 Å². The lowest BCUT2D eigenvalue weighted by Crippen LogP contribution is -2.35. The maximum atomic E-state index is 11.5. The van der Waals surface area contributed by atoms with Crippen LogP contribution < -0.4 is 0 Å². The van der Waals surface area contributed by atoms with Crippen molar-refractivity contribution in [2.75, 3.05) is 6.54 Å². The average Bonchev–Trinajstić information content (AvgIpc) is 2.28. The molecule has 0 aromatic heterocycles. The molecule has 18 heavy (non-hydrogen) atoms. The average molecular weight is 251 g/mol. The van der Waals surface area contributed by atoms with E-state index in [0.717, 1.165) is 6.42 Å². The van der Waals surface area contributed by atoms with Crippen molar-refractivity contribution in [2.24, 2.45) is 0 Å². The first-order chi connectivity index (χ1) is 8.38. The largest absolute Gasteiger partial charge is 0.442 e. The summed E-state index contributed by atoms with van der Waals surface area (Å²) in [6, 6.07) is 9.95. The van der Waals surface area contributed by atoms with E-state index in [1.54, 1.807) is 20.8 Å². The first-order valence-corrected chi connectivity index (χ1v) is 6.12. The summed E-state index contributed by atoms with van der Waals surface area (Å²) >= 11 is 0. The number of aryl methyl sites for hydroxylation is 1. The molecule has 0 saturated carbocycles. The van der Waals surface area contributed by atoms with Crippen LogP contribution in [0.2, 0.25) is 0 Å². The molecule has 0 aliphatic heterocycles. The molecule has 1 rings (SSSR count). The van der Waals surface area contributed by atoms with Crippen molar-refractivity contribution in [3.05, 3.63) is 35.9 Å². The molecule has 1 N–H and O–H groups in total. The van der Waals surface area contributed by atoms with E-state index in [2.05, 4.69) is 0 Å². The summed E-state index contributed by atoms with van der Waals surface area (Å²) in [6.07, 6.45) is 0.816. The van der Waals surface area contributed by atoms with Crippen LogP contribution >= 0.6 is 0 Å². The Labute approximate surface area is 108 Å². The first-order valence-electron chi connectivity index (χ1n) is 6.12. The molecule has 1 aromatic carbocycles. The van der Waals surface area contributed by atoms with Crippen LogP contribution in [0, 0.1) is 0 Å². The Morgan fingerprint density at radius 1 is 1.28 bits per heavy atom. The number of hydrogen-bond acceptors (Lipinski definition) is 3. The zero-order chi connectivity index (χ0) is 13.6. The minimum Gasteiger partial charge on any atom is -0.442 e. The Bertz CT molecular complexity index is 370. The van der Waals surface area contributed by atoms with Crippen molar-refractivity contribution < 1.29 is 14.7 Å². The second-order valence-electron chi connectivity index (χ2n) is 5.19. The number of carbonyl (C=O) groups is 1. The van der Waals surface area contributed by atoms with Crippen LogP contribution in [0.3, 0.4) is 0 Å². The summed E-state index contributed by atoms with van der Waals surface area (Å²) in [4.78, 5) is 11.5. The van der Waals surface area contributed by atoms with Crippen molar-refractivity contribution in [1.29, 1.82) is 0 Å². The molecule has 0 spiro atoms. The van der Waals surface area contributed by atoms with Gasteiger partial charge < -0.3 is 4.74 Å². The van der Waals surface area contributed by atoms with Gasteiger partial charge in [-0.3, -0.25) is 5.21 Å². The molecule has 0 heterocycles. The van der Waals surface area contributed by atoms with E-state index in [-0.39, 0.29) is 6.54 Å². The summed E-state index contributed by atoms with van der Waals surface area (Å²) < 4.78 is 5.04. The molecular formula is C14H21NO3. The van der Waals surface area contributed by atoms with Crippen molar-refractivity contribution in [1.82, 2.24) is 5.06 Å². The van der Waals surface area contributed by atoms with Crippen LogP contribution in [0.25, 0.3) is 0 Å². The molecule has 0 bridgehead atoms. The Balaban J connectivity index is 2.29. The Morgan fingerprint density at radius 2 is 1.89 bits per heavy atom. The molecule has 1 aromatic rings. The van der Waals surface area contributed by atoms with Crippen LogP contribution in [0.1, 0.15) is 32.8 Å². The predicted molar refractivity (Wildman–Crippen MR) is 69.5 cm³/mol. The lowest BCUT2D eigenvalue weighted by molar-refractivity contribution is -0.0941. The van der Waals surface area contributed by atoms with Gasteiger partial charge in [-0.15, -0.1) is 0 Å². The topological polar surface area (TPSA) is 49.8 Å². The van der Waals surface area contributed by atoms with Crippen LogP contribution in [0.4, 0.5) is 4.79 Å². The molecule has 0 aliphatic rings. The molecular weight excluding hydrogens is 230 g/mol. The number of nitrogens with zero attached hydrogens (tertiary/aromatic N) is 1. The second kappa shape index (κ2) is 6.40. The first kappa shape index (κ1) is 14.5. The summed E-state index contributed by atoms with van der Waals surface area (Å²) in [5, 5.41) is 10.2. The van der Waals surface area contributed by atoms with E-state index in [1.807, 2.05) is 30.3 Å². The minimum atomic E-state index is -0.699. The standard InChI is InChI=1S/C14H21NO3/c1-14(2,3)18-13(16)15(17)11-7-10-12-8-5-4-6-9-12/h4-6,8-9,17H,7,10-11H2,1-3H3. The molecule has 1 amide bonds. The third kappa shape index (κ3) is 5.68. The zero-order valence-electron chi connectivity index (χ0n) is 11.2. The Hall–Kier alpha value is -1.55. The molecule has 0 radical (unpaired) electrons. The van der Waals surface area contributed by atoms with Gasteiger partial charge in [0, 0.05) is 0 Å². The Kier molecular flexibility index (Phi) is 5.16. The van der Waals surface area contributed by atoms with Gasteiger partial charge in [0.15, 0.2) is 0 Å². The molecule has 4 heteroatoms. The normalized spacial score (nSPS) is 11.1. The van der Waals surface area contributed by atoms with Crippen LogP contribution in [-0.4, -0.2) is 28.5 Å². The summed E-state index contributed by atoms with van der Waals surface area (Å²) in [5.74, 6) is 0. The quantitative estimate of drug-likeness (QED) is 0.660. The summed E-state index contributed by atoms with van der Waals surface area (Å²) in [6.45, 7) is 5.57. The number of amides is 1. The second-order valence-corrected chi connectivity index (χ2v) is 5.19. The molecule has 0 unspecified atom stereocenters. The van der Waals surface area contributed by atoms with Gasteiger partial charge >= 0.3 is 6.09 Å². The number of hydroxylamine groups is 2. The lowest BCUT2D eigenvalue weighted by atomic mass is 10.1. The van der Waals surface area contributed by atoms with Gasteiger partial charge in [0.05, 0.1) is 6.54 Å². The fraction of sp³-hybridized carbons (Fsp3) is 0.500. The van der Waals surface area contributed by atoms with Gasteiger partial charge in [-0.2, -0.15) is 5.06 Å². The van der Waals surface area contributed by atoms with Gasteiger partial charge in [-0.05, 0) is 39.2 Å². The lowest BCUT2D eigenvalue weighted by Gasteiger charge is -2.23. The molecule has 0 atom stereocenters. The fourth-order valence-corrected chi connectivity index (χ4v) is 1.48. The van der Waals surface area contributed by atoms with Crippen molar-refractivity contribution in [3.8, 4) is 0 Å². The monoisotopic (exact) mass is 251 g/mol. The van der Waals surface area contributed by atoms with Gasteiger partial charge in [0.25, 0.3) is 0 Å². The van der Waals surface area contributed by atoms with Gasteiger partial charge in [-0.25, -0.2) is 4.79 Å². The number of benzene rings is 1. The maximum Gasteiger partial charge on any atom is 0.434 e. The molecule has 0 fully saturated rings. The summed E-state index contributed by atoms with van der Waals surface area (Å²) in [5.41, 5.74) is 0.604. The van der Waals surface area contributed by atoms with E-state index in [9.17, 15) is 10.0 Å². The zero-order valence-corrected chi connectivity index (χ0v) is 11.2. The SMILES string of the molecule is CC(C)(C)OC(=O)N(O)CCCc1ccccc1. The number of hydrogen-bond donors (Lipinski definition) is 1. The minimum absolute atomic E-state index is 0.268. The highest BCUT2D eigenvalue weighted by molar-refractivity contribution is 5.66. The van der Waals surface area contributed by atoms with Crippen LogP contribution in [-0.2, 0) is 11.2 Å². The third-order valence-electron chi connectivity index (χ3n) is 2.28. The van der Waals surface area contributed by atoms with E-state index in [4.69, 9.17) is 4.74 Å². The van der Waals surface area contributed by atoms with E-state index in [1.165, 1.54) is 5.56 Å². The van der Waals surface area contributed by atoms with Gasteiger partial charge in [-0.1, -0.05) is 30.3 Å². The third-order valence-corrected chi connectivity index (χ3v) is 2.28. The van der Waals surface area contributed by atoms with Gasteiger partial charge in [0.2, 0.25) is 0 Å². The number of ether oxygens (including phenoxy) is 1. The summed E-state index contributed by atoms with van der Waals surface area (Å²) in [7, 11) is 0. The predicted octanol–water partition coefficient (Wildman–Crippen LogP) is 3.25.